The largest absolute Gasteiger partial charge is 0.346 e. The molecule has 1 heterocycles. The SMILES string of the molecule is CN(Cc1ccccc1)C(=O)CNC(=O)[C@@]12CCCC[C@H]1CNC2. The zero-order valence-corrected chi connectivity index (χ0v) is 14.4. The van der Waals surface area contributed by atoms with Crippen molar-refractivity contribution in [3.63, 3.8) is 0 Å². The predicted octanol–water partition coefficient (Wildman–Crippen LogP) is 1.54. The molecule has 1 aliphatic carbocycles. The van der Waals surface area contributed by atoms with Crippen LogP contribution in [0.3, 0.4) is 0 Å². The van der Waals surface area contributed by atoms with E-state index in [9.17, 15) is 9.59 Å². The molecule has 24 heavy (non-hydrogen) atoms. The summed E-state index contributed by atoms with van der Waals surface area (Å²) in [5.74, 6) is 0.420. The van der Waals surface area contributed by atoms with Gasteiger partial charge in [-0.05, 0) is 30.9 Å². The number of likely N-dealkylation sites (N-methyl/N-ethyl adjacent to an activating group) is 1. The van der Waals surface area contributed by atoms with Gasteiger partial charge in [0.1, 0.15) is 0 Å². The highest BCUT2D eigenvalue weighted by Crippen LogP contribution is 2.43. The average Bonchev–Trinajstić information content (AvgIpc) is 3.05. The van der Waals surface area contributed by atoms with E-state index in [4.69, 9.17) is 0 Å². The first-order valence-corrected chi connectivity index (χ1v) is 8.89. The third-order valence-electron chi connectivity index (χ3n) is 5.58. The van der Waals surface area contributed by atoms with Crippen molar-refractivity contribution < 1.29 is 9.59 Å². The number of nitrogens with zero attached hydrogens (tertiary/aromatic N) is 1. The number of carbonyl (C=O) groups is 2. The number of nitrogens with one attached hydrogen (secondary N) is 2. The Kier molecular flexibility index (Phi) is 5.19. The Morgan fingerprint density at radius 3 is 2.88 bits per heavy atom. The van der Waals surface area contributed by atoms with Crippen molar-refractivity contribution in [1.29, 1.82) is 0 Å². The van der Waals surface area contributed by atoms with Crippen molar-refractivity contribution in [2.75, 3.05) is 26.7 Å². The molecule has 5 heteroatoms. The molecule has 2 N–H and O–H groups in total. The molecule has 5 nitrogen and oxygen atoms in total. The monoisotopic (exact) mass is 329 g/mol. The number of benzene rings is 1. The Bertz CT molecular complexity index is 590. The van der Waals surface area contributed by atoms with Gasteiger partial charge in [-0.2, -0.15) is 0 Å². The molecule has 2 atom stereocenters. The number of amides is 2. The van der Waals surface area contributed by atoms with Gasteiger partial charge in [0, 0.05) is 20.1 Å². The van der Waals surface area contributed by atoms with Crippen molar-refractivity contribution in [1.82, 2.24) is 15.5 Å². The van der Waals surface area contributed by atoms with Crippen LogP contribution in [0.25, 0.3) is 0 Å². The first kappa shape index (κ1) is 17.0. The number of carbonyl (C=O) groups excluding carboxylic acids is 2. The Balaban J connectivity index is 1.53. The van der Waals surface area contributed by atoms with Gasteiger partial charge >= 0.3 is 0 Å². The molecule has 0 aromatic heterocycles. The van der Waals surface area contributed by atoms with E-state index in [1.54, 1.807) is 11.9 Å². The van der Waals surface area contributed by atoms with Gasteiger partial charge in [-0.25, -0.2) is 0 Å². The standard InChI is InChI=1S/C19H27N3O2/c1-22(13-15-7-3-2-4-8-15)17(23)12-21-18(24)19-10-6-5-9-16(19)11-20-14-19/h2-4,7-8,16,20H,5-6,9-14H2,1H3,(H,21,24)/t16-,19+/m0/s1. The first-order valence-electron chi connectivity index (χ1n) is 8.89. The second-order valence-corrected chi connectivity index (χ2v) is 7.15. The van der Waals surface area contributed by atoms with Crippen LogP contribution in [0.4, 0.5) is 0 Å². The summed E-state index contributed by atoms with van der Waals surface area (Å²) in [6.45, 7) is 2.31. The van der Waals surface area contributed by atoms with Crippen LogP contribution in [0.2, 0.25) is 0 Å². The smallest absolute Gasteiger partial charge is 0.242 e. The van der Waals surface area contributed by atoms with Gasteiger partial charge < -0.3 is 15.5 Å². The lowest BCUT2D eigenvalue weighted by Crippen LogP contribution is -2.50. The highest BCUT2D eigenvalue weighted by atomic mass is 16.2. The molecule has 2 aliphatic rings. The van der Waals surface area contributed by atoms with Crippen LogP contribution in [-0.4, -0.2) is 43.4 Å². The second kappa shape index (κ2) is 7.34. The maximum atomic E-state index is 12.8. The van der Waals surface area contributed by atoms with E-state index >= 15 is 0 Å². The van der Waals surface area contributed by atoms with Crippen LogP contribution in [0, 0.1) is 11.3 Å². The van der Waals surface area contributed by atoms with Crippen LogP contribution < -0.4 is 10.6 Å². The zero-order valence-electron chi connectivity index (χ0n) is 14.4. The third kappa shape index (κ3) is 3.46. The summed E-state index contributed by atoms with van der Waals surface area (Å²) in [5.41, 5.74) is 0.793. The number of fused-ring (bicyclic) bond motifs is 1. The Morgan fingerprint density at radius 2 is 2.08 bits per heavy atom. The van der Waals surface area contributed by atoms with Gasteiger partial charge in [0.2, 0.25) is 11.8 Å². The summed E-state index contributed by atoms with van der Waals surface area (Å²) >= 11 is 0. The fraction of sp³-hybridized carbons (Fsp3) is 0.579. The van der Waals surface area contributed by atoms with Crippen LogP contribution in [-0.2, 0) is 16.1 Å². The molecule has 1 aromatic rings. The molecule has 3 rings (SSSR count). The highest BCUT2D eigenvalue weighted by molar-refractivity contribution is 5.88. The van der Waals surface area contributed by atoms with Crippen LogP contribution in [0.5, 0.6) is 0 Å². The van der Waals surface area contributed by atoms with Crippen molar-refractivity contribution in [3.05, 3.63) is 35.9 Å². The highest BCUT2D eigenvalue weighted by Gasteiger charge is 2.49. The molecule has 0 spiro atoms. The number of rotatable bonds is 5. The van der Waals surface area contributed by atoms with E-state index in [1.807, 2.05) is 30.3 Å². The summed E-state index contributed by atoms with van der Waals surface area (Å²) in [7, 11) is 1.78. The van der Waals surface area contributed by atoms with E-state index in [1.165, 1.54) is 6.42 Å². The lowest BCUT2D eigenvalue weighted by atomic mass is 9.67. The number of hydrogen-bond acceptors (Lipinski definition) is 3. The van der Waals surface area contributed by atoms with Gasteiger partial charge in [-0.15, -0.1) is 0 Å². The third-order valence-corrected chi connectivity index (χ3v) is 5.58. The minimum absolute atomic E-state index is 0.0538. The quantitative estimate of drug-likeness (QED) is 0.861. The van der Waals surface area contributed by atoms with E-state index in [0.29, 0.717) is 12.5 Å². The van der Waals surface area contributed by atoms with E-state index in [0.717, 1.165) is 37.9 Å². The van der Waals surface area contributed by atoms with Crippen LogP contribution in [0.1, 0.15) is 31.2 Å². The number of hydrogen-bond donors (Lipinski definition) is 2. The molecule has 130 valence electrons. The Labute approximate surface area is 143 Å². The normalized spacial score (nSPS) is 25.8. The Hall–Kier alpha value is -1.88. The molecule has 2 fully saturated rings. The summed E-state index contributed by atoms with van der Waals surface area (Å²) < 4.78 is 0. The van der Waals surface area contributed by atoms with E-state index in [2.05, 4.69) is 10.6 Å². The van der Waals surface area contributed by atoms with Crippen molar-refractivity contribution in [3.8, 4) is 0 Å². The molecule has 1 saturated heterocycles. The maximum absolute atomic E-state index is 12.8. The van der Waals surface area contributed by atoms with Gasteiger partial charge in [-0.3, -0.25) is 9.59 Å². The van der Waals surface area contributed by atoms with E-state index in [-0.39, 0.29) is 23.8 Å². The minimum atomic E-state index is -0.295. The fourth-order valence-electron chi connectivity index (χ4n) is 4.10. The van der Waals surface area contributed by atoms with Gasteiger partial charge in [0.15, 0.2) is 0 Å². The molecule has 0 radical (unpaired) electrons. The van der Waals surface area contributed by atoms with Crippen LogP contribution >= 0.6 is 0 Å². The van der Waals surface area contributed by atoms with E-state index < -0.39 is 0 Å². The molecular weight excluding hydrogens is 302 g/mol. The fourth-order valence-corrected chi connectivity index (χ4v) is 4.10. The molecule has 1 aromatic carbocycles. The van der Waals surface area contributed by atoms with Gasteiger partial charge in [-0.1, -0.05) is 43.2 Å². The minimum Gasteiger partial charge on any atom is -0.346 e. The topological polar surface area (TPSA) is 61.4 Å². The maximum Gasteiger partial charge on any atom is 0.242 e. The summed E-state index contributed by atoms with van der Waals surface area (Å²) in [6, 6.07) is 9.88. The molecule has 0 bridgehead atoms. The lowest BCUT2D eigenvalue weighted by molar-refractivity contribution is -0.138. The lowest BCUT2D eigenvalue weighted by Gasteiger charge is -2.37. The molecular formula is C19H27N3O2. The van der Waals surface area contributed by atoms with Crippen molar-refractivity contribution in [2.24, 2.45) is 11.3 Å². The molecule has 0 unspecified atom stereocenters. The summed E-state index contributed by atoms with van der Waals surface area (Å²) in [5, 5.41) is 6.28. The second-order valence-electron chi connectivity index (χ2n) is 7.15. The average molecular weight is 329 g/mol. The first-order chi connectivity index (χ1) is 11.6. The molecule has 1 saturated carbocycles. The zero-order chi connectivity index (χ0) is 17.0. The van der Waals surface area contributed by atoms with Gasteiger partial charge in [0.05, 0.1) is 12.0 Å². The predicted molar refractivity (Wildman–Crippen MR) is 93.2 cm³/mol. The van der Waals surface area contributed by atoms with Crippen LogP contribution in [0.15, 0.2) is 30.3 Å². The van der Waals surface area contributed by atoms with Crippen molar-refractivity contribution >= 4 is 11.8 Å². The Morgan fingerprint density at radius 1 is 1.29 bits per heavy atom. The van der Waals surface area contributed by atoms with Crippen molar-refractivity contribution in [2.45, 2.75) is 32.2 Å². The summed E-state index contributed by atoms with van der Waals surface area (Å²) in [6.07, 6.45) is 4.36. The van der Waals surface area contributed by atoms with Gasteiger partial charge in [0.25, 0.3) is 0 Å². The molecule has 1 aliphatic heterocycles. The summed E-state index contributed by atoms with van der Waals surface area (Å²) in [4.78, 5) is 26.8. The molecule has 2 amide bonds.